The summed E-state index contributed by atoms with van der Waals surface area (Å²) in [5.41, 5.74) is 0. The van der Waals surface area contributed by atoms with Gasteiger partial charge in [0.2, 0.25) is 0 Å². The van der Waals surface area contributed by atoms with E-state index < -0.39 is 9.84 Å². The Balaban J connectivity index is 1.96. The van der Waals surface area contributed by atoms with E-state index in [9.17, 15) is 8.42 Å². The fraction of sp³-hybridized carbons (Fsp3) is 0.538. The maximum atomic E-state index is 12.6. The van der Waals surface area contributed by atoms with Gasteiger partial charge in [-0.1, -0.05) is 40.5 Å². The van der Waals surface area contributed by atoms with Crippen molar-refractivity contribution in [3.05, 3.63) is 30.3 Å². The maximum absolute atomic E-state index is 12.6. The second-order valence-electron chi connectivity index (χ2n) is 5.03. The van der Waals surface area contributed by atoms with Gasteiger partial charge in [-0.15, -0.1) is 0 Å². The van der Waals surface area contributed by atoms with Crippen molar-refractivity contribution >= 4 is 25.8 Å². The summed E-state index contributed by atoms with van der Waals surface area (Å²) >= 11 is 3.64. The molecule has 0 aliphatic heterocycles. The molecule has 2 atom stereocenters. The minimum atomic E-state index is -3.12. The summed E-state index contributed by atoms with van der Waals surface area (Å²) in [6.07, 6.45) is 3.27. The van der Waals surface area contributed by atoms with Crippen LogP contribution in [0.1, 0.15) is 19.3 Å². The fourth-order valence-corrected chi connectivity index (χ4v) is 7.29. The molecule has 2 bridgehead atoms. The van der Waals surface area contributed by atoms with Crippen LogP contribution in [0.15, 0.2) is 35.2 Å². The van der Waals surface area contributed by atoms with Crippen LogP contribution < -0.4 is 0 Å². The predicted octanol–water partition coefficient (Wildman–Crippen LogP) is 3.02. The molecule has 17 heavy (non-hydrogen) atoms. The first kappa shape index (κ1) is 11.7. The van der Waals surface area contributed by atoms with Gasteiger partial charge in [0.15, 0.2) is 9.84 Å². The van der Waals surface area contributed by atoms with E-state index in [4.69, 9.17) is 0 Å². The van der Waals surface area contributed by atoms with Gasteiger partial charge in [-0.2, -0.15) is 0 Å². The van der Waals surface area contributed by atoms with Gasteiger partial charge in [-0.05, 0) is 36.8 Å². The number of fused-ring (bicyclic) bond motifs is 2. The third-order valence-electron chi connectivity index (χ3n) is 4.17. The zero-order valence-electron chi connectivity index (χ0n) is 9.42. The van der Waals surface area contributed by atoms with Crippen molar-refractivity contribution in [1.82, 2.24) is 0 Å². The van der Waals surface area contributed by atoms with Crippen molar-refractivity contribution in [3.8, 4) is 0 Å². The van der Waals surface area contributed by atoms with Crippen molar-refractivity contribution in [1.29, 1.82) is 0 Å². The van der Waals surface area contributed by atoms with Gasteiger partial charge in [0.05, 0.1) is 10.1 Å². The highest BCUT2D eigenvalue weighted by molar-refractivity contribution is 9.09. The molecule has 0 amide bonds. The van der Waals surface area contributed by atoms with E-state index in [-0.39, 0.29) is 5.25 Å². The van der Waals surface area contributed by atoms with Gasteiger partial charge in [0, 0.05) is 4.83 Å². The van der Waals surface area contributed by atoms with E-state index in [1.54, 1.807) is 24.3 Å². The summed E-state index contributed by atoms with van der Waals surface area (Å²) in [5, 5.41) is -0.150. The first-order valence-electron chi connectivity index (χ1n) is 6.05. The molecule has 0 N–H and O–H groups in total. The Morgan fingerprint density at radius 1 is 1.06 bits per heavy atom. The third kappa shape index (κ3) is 1.68. The molecule has 0 radical (unpaired) electrons. The monoisotopic (exact) mass is 314 g/mol. The lowest BCUT2D eigenvalue weighted by atomic mass is 9.64. The lowest BCUT2D eigenvalue weighted by Crippen LogP contribution is -2.58. The van der Waals surface area contributed by atoms with Crippen LogP contribution in [-0.4, -0.2) is 18.5 Å². The molecule has 0 unspecified atom stereocenters. The molecule has 2 fully saturated rings. The first-order valence-corrected chi connectivity index (χ1v) is 8.51. The standard InChI is InChI=1S/C13H15BrO2S/c14-12-10-7-4-8-11(12)13(10)17(15,16)9-5-2-1-3-6-9/h1-3,5-6,10-13H,4,7-8H2/t10-,11-,12?,13?/m0/s1. The van der Waals surface area contributed by atoms with Crippen molar-refractivity contribution in [3.63, 3.8) is 0 Å². The largest absolute Gasteiger partial charge is 0.223 e. The number of halogens is 1. The molecule has 3 rings (SSSR count). The zero-order chi connectivity index (χ0) is 12.0. The Hall–Kier alpha value is -0.350. The van der Waals surface area contributed by atoms with Crippen molar-refractivity contribution in [2.24, 2.45) is 11.8 Å². The summed E-state index contributed by atoms with van der Waals surface area (Å²) in [6.45, 7) is 0. The molecule has 92 valence electrons. The van der Waals surface area contributed by atoms with E-state index in [0.29, 0.717) is 21.6 Å². The van der Waals surface area contributed by atoms with Crippen LogP contribution in [0.25, 0.3) is 0 Å². The molecule has 2 aliphatic rings. The van der Waals surface area contributed by atoms with Gasteiger partial charge in [-0.3, -0.25) is 0 Å². The number of benzene rings is 1. The SMILES string of the molecule is O=S(=O)(c1ccccc1)C1[C@H]2CCC[C@H]1C2Br. The Kier molecular flexibility index (Phi) is 2.82. The zero-order valence-corrected chi connectivity index (χ0v) is 11.8. The molecule has 4 heteroatoms. The minimum absolute atomic E-state index is 0.150. The molecule has 0 spiro atoms. The summed E-state index contributed by atoms with van der Waals surface area (Å²) in [5.74, 6) is 0.637. The van der Waals surface area contributed by atoms with Crippen LogP contribution in [0.5, 0.6) is 0 Å². The lowest BCUT2D eigenvalue weighted by molar-refractivity contribution is 0.138. The van der Waals surface area contributed by atoms with Crippen LogP contribution in [0.2, 0.25) is 0 Å². The number of sulfone groups is 1. The number of hydrogen-bond acceptors (Lipinski definition) is 2. The molecule has 0 heterocycles. The number of hydrogen-bond donors (Lipinski definition) is 0. The molecular formula is C13H15BrO2S. The Morgan fingerprint density at radius 2 is 1.65 bits per heavy atom. The van der Waals surface area contributed by atoms with Crippen LogP contribution in [0, 0.1) is 11.8 Å². The van der Waals surface area contributed by atoms with Gasteiger partial charge in [-0.25, -0.2) is 8.42 Å². The summed E-state index contributed by atoms with van der Waals surface area (Å²) in [6, 6.07) is 8.88. The van der Waals surface area contributed by atoms with Crippen LogP contribution in [-0.2, 0) is 9.84 Å². The smallest absolute Gasteiger partial charge is 0.181 e. The fourth-order valence-electron chi connectivity index (χ4n) is 3.32. The van der Waals surface area contributed by atoms with Gasteiger partial charge in [0.1, 0.15) is 0 Å². The average molecular weight is 315 g/mol. The molecule has 2 saturated carbocycles. The molecule has 1 aromatic carbocycles. The second kappa shape index (κ2) is 4.09. The predicted molar refractivity (Wildman–Crippen MR) is 71.0 cm³/mol. The number of alkyl halides is 1. The van der Waals surface area contributed by atoms with E-state index in [1.165, 1.54) is 6.42 Å². The summed E-state index contributed by atoms with van der Waals surface area (Å²) in [4.78, 5) is 0.904. The van der Waals surface area contributed by atoms with Crippen molar-refractivity contribution in [2.75, 3.05) is 0 Å². The van der Waals surface area contributed by atoms with E-state index in [1.807, 2.05) is 6.07 Å². The minimum Gasteiger partial charge on any atom is -0.223 e. The summed E-state index contributed by atoms with van der Waals surface area (Å²) in [7, 11) is -3.12. The molecule has 0 aromatic heterocycles. The second-order valence-corrected chi connectivity index (χ2v) is 8.19. The molecular weight excluding hydrogens is 300 g/mol. The first-order chi connectivity index (χ1) is 8.12. The van der Waals surface area contributed by atoms with Crippen LogP contribution in [0.4, 0.5) is 0 Å². The number of rotatable bonds is 2. The topological polar surface area (TPSA) is 34.1 Å². The highest BCUT2D eigenvalue weighted by atomic mass is 79.9. The van der Waals surface area contributed by atoms with E-state index >= 15 is 0 Å². The normalized spacial score (nSPS) is 36.3. The Morgan fingerprint density at radius 3 is 2.18 bits per heavy atom. The quantitative estimate of drug-likeness (QED) is 0.786. The third-order valence-corrected chi connectivity index (χ3v) is 7.87. The molecule has 1 aromatic rings. The Labute approximate surface area is 110 Å². The Bertz CT molecular complexity index is 499. The molecule has 2 aliphatic carbocycles. The van der Waals surface area contributed by atoms with Gasteiger partial charge in [0.25, 0.3) is 0 Å². The van der Waals surface area contributed by atoms with Crippen LogP contribution >= 0.6 is 15.9 Å². The lowest BCUT2D eigenvalue weighted by Gasteiger charge is -2.53. The molecule has 2 nitrogen and oxygen atoms in total. The van der Waals surface area contributed by atoms with Crippen LogP contribution in [0.3, 0.4) is 0 Å². The average Bonchev–Trinajstić information content (AvgIpc) is 2.38. The molecule has 0 saturated heterocycles. The van der Waals surface area contributed by atoms with Crippen molar-refractivity contribution < 1.29 is 8.42 Å². The van der Waals surface area contributed by atoms with Gasteiger partial charge < -0.3 is 0 Å². The highest BCUT2D eigenvalue weighted by Gasteiger charge is 2.57. The maximum Gasteiger partial charge on any atom is 0.181 e. The summed E-state index contributed by atoms with van der Waals surface area (Å²) < 4.78 is 25.1. The van der Waals surface area contributed by atoms with Gasteiger partial charge >= 0.3 is 0 Å². The highest BCUT2D eigenvalue weighted by Crippen LogP contribution is 2.54. The van der Waals surface area contributed by atoms with E-state index in [2.05, 4.69) is 15.9 Å². The van der Waals surface area contributed by atoms with E-state index in [0.717, 1.165) is 12.8 Å². The van der Waals surface area contributed by atoms with Crippen molar-refractivity contribution in [2.45, 2.75) is 34.2 Å².